The van der Waals surface area contributed by atoms with Crippen LogP contribution in [0.4, 0.5) is 0 Å². The van der Waals surface area contributed by atoms with E-state index in [1.165, 1.54) is 0 Å². The molecule has 0 spiro atoms. The highest BCUT2D eigenvalue weighted by Gasteiger charge is 2.28. The molecule has 1 aliphatic rings. The summed E-state index contributed by atoms with van der Waals surface area (Å²) in [7, 11) is 1.71. The number of aryl methyl sites for hydroxylation is 1. The minimum absolute atomic E-state index is 0.157. The Kier molecular flexibility index (Phi) is 4.01. The summed E-state index contributed by atoms with van der Waals surface area (Å²) in [6, 6.07) is 0. The Morgan fingerprint density at radius 1 is 1.61 bits per heavy atom. The fourth-order valence-electron chi connectivity index (χ4n) is 2.54. The molecular formula is C13H21N3O2. The number of imidazole rings is 1. The van der Waals surface area contributed by atoms with Crippen molar-refractivity contribution < 1.29 is 9.53 Å². The molecule has 1 aromatic rings. The Labute approximate surface area is 108 Å². The molecule has 1 aliphatic heterocycles. The van der Waals surface area contributed by atoms with E-state index in [9.17, 15) is 4.79 Å². The minimum atomic E-state index is 0.157. The number of nitrogens with zero attached hydrogens (tertiary/aromatic N) is 3. The van der Waals surface area contributed by atoms with E-state index in [1.54, 1.807) is 14.0 Å². The predicted octanol–water partition coefficient (Wildman–Crippen LogP) is 1.17. The molecule has 2 heterocycles. The quantitative estimate of drug-likeness (QED) is 0.807. The normalized spacial score (nSPS) is 19.5. The average molecular weight is 251 g/mol. The van der Waals surface area contributed by atoms with Crippen LogP contribution in [0.5, 0.6) is 0 Å². The zero-order valence-electron chi connectivity index (χ0n) is 11.3. The number of carbonyl (C=O) groups excluding carboxylic acids is 1. The Morgan fingerprint density at radius 2 is 2.39 bits per heavy atom. The zero-order chi connectivity index (χ0) is 13.1. The molecule has 5 nitrogen and oxygen atoms in total. The van der Waals surface area contributed by atoms with Gasteiger partial charge in [-0.1, -0.05) is 0 Å². The SMILES string of the molecule is COCCn1c(C)cnc1C1CCN(C(C)=O)C1. The summed E-state index contributed by atoms with van der Waals surface area (Å²) < 4.78 is 7.34. The lowest BCUT2D eigenvalue weighted by Gasteiger charge is -2.16. The number of aromatic nitrogens is 2. The summed E-state index contributed by atoms with van der Waals surface area (Å²) in [5.74, 6) is 1.61. The highest BCUT2D eigenvalue weighted by Crippen LogP contribution is 2.26. The van der Waals surface area contributed by atoms with Gasteiger partial charge in [-0.2, -0.15) is 0 Å². The average Bonchev–Trinajstić information content (AvgIpc) is 2.93. The molecule has 18 heavy (non-hydrogen) atoms. The van der Waals surface area contributed by atoms with Crippen LogP contribution in [0.25, 0.3) is 0 Å². The summed E-state index contributed by atoms with van der Waals surface area (Å²) in [6.45, 7) is 6.84. The second-order valence-electron chi connectivity index (χ2n) is 4.85. The van der Waals surface area contributed by atoms with Gasteiger partial charge in [-0.25, -0.2) is 4.98 Å². The minimum Gasteiger partial charge on any atom is -0.383 e. The molecular weight excluding hydrogens is 230 g/mol. The molecule has 0 radical (unpaired) electrons. The number of ether oxygens (including phenoxy) is 1. The summed E-state index contributed by atoms with van der Waals surface area (Å²) >= 11 is 0. The Balaban J connectivity index is 2.11. The van der Waals surface area contributed by atoms with Crippen molar-refractivity contribution in [2.75, 3.05) is 26.8 Å². The number of likely N-dealkylation sites (tertiary alicyclic amines) is 1. The van der Waals surface area contributed by atoms with Gasteiger partial charge in [-0.15, -0.1) is 0 Å². The standard InChI is InChI=1S/C13H21N3O2/c1-10-8-14-13(16(10)6-7-18-3)12-4-5-15(9-12)11(2)17/h8,12H,4-7,9H2,1-3H3. The maximum atomic E-state index is 11.4. The van der Waals surface area contributed by atoms with Crippen LogP contribution in [0.2, 0.25) is 0 Å². The first-order valence-corrected chi connectivity index (χ1v) is 6.40. The van der Waals surface area contributed by atoms with Gasteiger partial charge in [0.15, 0.2) is 0 Å². The van der Waals surface area contributed by atoms with Crippen molar-refractivity contribution in [1.82, 2.24) is 14.5 Å². The molecule has 1 aromatic heterocycles. The predicted molar refractivity (Wildman–Crippen MR) is 68.5 cm³/mol. The van der Waals surface area contributed by atoms with Gasteiger partial charge >= 0.3 is 0 Å². The molecule has 0 bridgehead atoms. The summed E-state index contributed by atoms with van der Waals surface area (Å²) in [5, 5.41) is 0. The molecule has 0 saturated carbocycles. The molecule has 1 atom stereocenters. The van der Waals surface area contributed by atoms with Gasteiger partial charge in [-0.05, 0) is 13.3 Å². The van der Waals surface area contributed by atoms with E-state index in [1.807, 2.05) is 11.1 Å². The monoisotopic (exact) mass is 251 g/mol. The fourth-order valence-corrected chi connectivity index (χ4v) is 2.54. The van der Waals surface area contributed by atoms with Crippen LogP contribution in [-0.2, 0) is 16.1 Å². The van der Waals surface area contributed by atoms with E-state index in [0.717, 1.165) is 37.6 Å². The Morgan fingerprint density at radius 3 is 3.00 bits per heavy atom. The Hall–Kier alpha value is -1.36. The van der Waals surface area contributed by atoms with Crippen LogP contribution in [0.1, 0.15) is 30.8 Å². The van der Waals surface area contributed by atoms with Crippen molar-refractivity contribution in [3.05, 3.63) is 17.7 Å². The van der Waals surface area contributed by atoms with Crippen molar-refractivity contribution >= 4 is 5.91 Å². The zero-order valence-corrected chi connectivity index (χ0v) is 11.3. The van der Waals surface area contributed by atoms with Crippen LogP contribution in [-0.4, -0.2) is 47.2 Å². The van der Waals surface area contributed by atoms with Crippen molar-refractivity contribution in [2.45, 2.75) is 32.7 Å². The van der Waals surface area contributed by atoms with Gasteiger partial charge in [0, 0.05) is 51.5 Å². The molecule has 1 saturated heterocycles. The Bertz CT molecular complexity index is 428. The number of methoxy groups -OCH3 is 1. The highest BCUT2D eigenvalue weighted by atomic mass is 16.5. The topological polar surface area (TPSA) is 47.4 Å². The van der Waals surface area contributed by atoms with Gasteiger partial charge in [0.2, 0.25) is 5.91 Å². The third-order valence-corrected chi connectivity index (χ3v) is 3.60. The van der Waals surface area contributed by atoms with Crippen LogP contribution in [0, 0.1) is 6.92 Å². The number of hydrogen-bond donors (Lipinski definition) is 0. The van der Waals surface area contributed by atoms with E-state index in [2.05, 4.69) is 16.5 Å². The highest BCUT2D eigenvalue weighted by molar-refractivity contribution is 5.73. The van der Waals surface area contributed by atoms with Crippen molar-refractivity contribution in [2.24, 2.45) is 0 Å². The summed E-state index contributed by atoms with van der Waals surface area (Å²) in [4.78, 5) is 17.8. The molecule has 0 aliphatic carbocycles. The second kappa shape index (κ2) is 5.52. The first-order chi connectivity index (χ1) is 8.63. The fraction of sp³-hybridized carbons (Fsp3) is 0.692. The number of rotatable bonds is 4. The van der Waals surface area contributed by atoms with E-state index in [4.69, 9.17) is 4.74 Å². The maximum absolute atomic E-state index is 11.4. The second-order valence-corrected chi connectivity index (χ2v) is 4.85. The third kappa shape index (κ3) is 2.56. The van der Waals surface area contributed by atoms with Crippen molar-refractivity contribution in [3.8, 4) is 0 Å². The van der Waals surface area contributed by atoms with E-state index < -0.39 is 0 Å². The molecule has 0 N–H and O–H groups in total. The smallest absolute Gasteiger partial charge is 0.219 e. The van der Waals surface area contributed by atoms with Crippen LogP contribution >= 0.6 is 0 Å². The first kappa shape index (κ1) is 13.1. The van der Waals surface area contributed by atoms with Gasteiger partial charge in [0.25, 0.3) is 0 Å². The number of amides is 1. The molecule has 1 amide bonds. The first-order valence-electron chi connectivity index (χ1n) is 6.40. The lowest BCUT2D eigenvalue weighted by Crippen LogP contribution is -2.26. The number of carbonyl (C=O) groups is 1. The van der Waals surface area contributed by atoms with Crippen LogP contribution < -0.4 is 0 Å². The van der Waals surface area contributed by atoms with Crippen molar-refractivity contribution in [3.63, 3.8) is 0 Å². The molecule has 2 rings (SSSR count). The molecule has 5 heteroatoms. The van der Waals surface area contributed by atoms with Gasteiger partial charge in [0.05, 0.1) is 6.61 Å². The van der Waals surface area contributed by atoms with E-state index in [0.29, 0.717) is 12.5 Å². The lowest BCUT2D eigenvalue weighted by molar-refractivity contribution is -0.127. The van der Waals surface area contributed by atoms with E-state index >= 15 is 0 Å². The van der Waals surface area contributed by atoms with Crippen LogP contribution in [0.3, 0.4) is 0 Å². The van der Waals surface area contributed by atoms with Gasteiger partial charge < -0.3 is 14.2 Å². The third-order valence-electron chi connectivity index (χ3n) is 3.60. The van der Waals surface area contributed by atoms with Gasteiger partial charge in [0.1, 0.15) is 5.82 Å². The largest absolute Gasteiger partial charge is 0.383 e. The number of hydrogen-bond acceptors (Lipinski definition) is 3. The molecule has 100 valence electrons. The van der Waals surface area contributed by atoms with Crippen molar-refractivity contribution in [1.29, 1.82) is 0 Å². The molecule has 0 aromatic carbocycles. The summed E-state index contributed by atoms with van der Waals surface area (Å²) in [5.41, 5.74) is 1.16. The maximum Gasteiger partial charge on any atom is 0.219 e. The molecule has 1 fully saturated rings. The molecule has 1 unspecified atom stereocenters. The lowest BCUT2D eigenvalue weighted by atomic mass is 10.1. The van der Waals surface area contributed by atoms with Crippen LogP contribution in [0.15, 0.2) is 6.20 Å². The van der Waals surface area contributed by atoms with Gasteiger partial charge in [-0.3, -0.25) is 4.79 Å². The van der Waals surface area contributed by atoms with E-state index in [-0.39, 0.29) is 5.91 Å². The summed E-state index contributed by atoms with van der Waals surface area (Å²) in [6.07, 6.45) is 2.91.